The highest BCUT2D eigenvalue weighted by Crippen LogP contribution is 2.29. The van der Waals surface area contributed by atoms with Crippen LogP contribution >= 0.6 is 0 Å². The Morgan fingerprint density at radius 2 is 1.88 bits per heavy atom. The molecule has 1 atom stereocenters. The van der Waals surface area contributed by atoms with Crippen molar-refractivity contribution in [3.05, 3.63) is 0 Å². The lowest BCUT2D eigenvalue weighted by Gasteiger charge is -2.34. The first kappa shape index (κ1) is 12.8. The molecule has 0 aromatic carbocycles. The van der Waals surface area contributed by atoms with Gasteiger partial charge in [0, 0.05) is 31.7 Å². The quantitative estimate of drug-likeness (QED) is 0.763. The average Bonchev–Trinajstić information content (AvgIpc) is 2.76. The minimum atomic E-state index is -0.0452. The molecule has 98 valence electrons. The zero-order valence-electron chi connectivity index (χ0n) is 11.1. The molecule has 0 aromatic heterocycles. The van der Waals surface area contributed by atoms with Gasteiger partial charge in [-0.3, -0.25) is 4.79 Å². The molecule has 4 heteroatoms. The van der Waals surface area contributed by atoms with Crippen LogP contribution in [0.25, 0.3) is 0 Å². The molecule has 1 saturated heterocycles. The average molecular weight is 239 g/mol. The van der Waals surface area contributed by atoms with E-state index < -0.39 is 0 Å². The fourth-order valence-corrected chi connectivity index (χ4v) is 3.04. The highest BCUT2D eigenvalue weighted by molar-refractivity contribution is 5.81. The van der Waals surface area contributed by atoms with Crippen molar-refractivity contribution in [3.8, 4) is 0 Å². The number of carbonyl (C=O) groups excluding carboxylic acids is 1. The number of amides is 1. The molecule has 0 radical (unpaired) electrons. The molecule has 1 aliphatic heterocycles. The zero-order valence-corrected chi connectivity index (χ0v) is 11.1. The molecule has 1 saturated carbocycles. The Morgan fingerprint density at radius 1 is 1.29 bits per heavy atom. The van der Waals surface area contributed by atoms with E-state index in [4.69, 9.17) is 0 Å². The third-order valence-electron chi connectivity index (χ3n) is 4.07. The Bertz CT molecular complexity index is 268. The lowest BCUT2D eigenvalue weighted by molar-refractivity contribution is -0.134. The second-order valence-corrected chi connectivity index (χ2v) is 5.71. The van der Waals surface area contributed by atoms with Gasteiger partial charge in [0.2, 0.25) is 5.91 Å². The van der Waals surface area contributed by atoms with Crippen LogP contribution in [0.15, 0.2) is 0 Å². The van der Waals surface area contributed by atoms with E-state index >= 15 is 0 Å². The Labute approximate surface area is 104 Å². The molecule has 2 rings (SSSR count). The predicted molar refractivity (Wildman–Crippen MR) is 68.9 cm³/mol. The molecular weight excluding hydrogens is 214 g/mol. The fourth-order valence-electron chi connectivity index (χ4n) is 3.04. The number of hydrogen-bond donors (Lipinski definition) is 2. The minimum absolute atomic E-state index is 0.0452. The van der Waals surface area contributed by atoms with Gasteiger partial charge in [0.25, 0.3) is 0 Å². The predicted octanol–water partition coefficient (Wildman–Crippen LogP) is 0.729. The van der Waals surface area contributed by atoms with Crippen molar-refractivity contribution in [2.24, 2.45) is 0 Å². The maximum Gasteiger partial charge on any atom is 0.239 e. The molecule has 1 amide bonds. The monoisotopic (exact) mass is 239 g/mol. The van der Waals surface area contributed by atoms with Crippen molar-refractivity contribution in [1.82, 2.24) is 15.5 Å². The Balaban J connectivity index is 1.85. The van der Waals surface area contributed by atoms with Crippen LogP contribution in [0.5, 0.6) is 0 Å². The van der Waals surface area contributed by atoms with Crippen LogP contribution in [0.3, 0.4) is 0 Å². The number of hydrogen-bond acceptors (Lipinski definition) is 3. The van der Waals surface area contributed by atoms with Crippen LogP contribution in [0.4, 0.5) is 0 Å². The number of carbonyl (C=O) groups is 1. The van der Waals surface area contributed by atoms with Crippen LogP contribution in [0.1, 0.15) is 39.5 Å². The molecule has 0 spiro atoms. The first-order valence-corrected chi connectivity index (χ1v) is 6.88. The standard InChI is InChI=1S/C13H25N3O/c1-11(15-13(2)5-3-4-6-13)12(17)16-9-7-14-8-10-16/h11,14-15H,3-10H2,1-2H3. The van der Waals surface area contributed by atoms with E-state index in [9.17, 15) is 4.79 Å². The number of nitrogens with one attached hydrogen (secondary N) is 2. The van der Waals surface area contributed by atoms with Gasteiger partial charge in [-0.2, -0.15) is 0 Å². The second kappa shape index (κ2) is 5.36. The van der Waals surface area contributed by atoms with Crippen LogP contribution < -0.4 is 10.6 Å². The number of nitrogens with zero attached hydrogens (tertiary/aromatic N) is 1. The largest absolute Gasteiger partial charge is 0.339 e. The summed E-state index contributed by atoms with van der Waals surface area (Å²) < 4.78 is 0. The lowest BCUT2D eigenvalue weighted by atomic mass is 9.99. The van der Waals surface area contributed by atoms with Gasteiger partial charge in [-0.15, -0.1) is 0 Å². The van der Waals surface area contributed by atoms with Gasteiger partial charge in [-0.1, -0.05) is 12.8 Å². The molecule has 17 heavy (non-hydrogen) atoms. The van der Waals surface area contributed by atoms with Gasteiger partial charge in [0.15, 0.2) is 0 Å². The first-order valence-electron chi connectivity index (χ1n) is 6.88. The van der Waals surface area contributed by atoms with Crippen molar-refractivity contribution in [2.45, 2.75) is 51.1 Å². The van der Waals surface area contributed by atoms with Gasteiger partial charge in [0.05, 0.1) is 6.04 Å². The normalized spacial score (nSPS) is 25.9. The van der Waals surface area contributed by atoms with E-state index in [0.29, 0.717) is 0 Å². The Hall–Kier alpha value is -0.610. The molecular formula is C13H25N3O. The number of rotatable bonds is 3. The van der Waals surface area contributed by atoms with Crippen molar-refractivity contribution >= 4 is 5.91 Å². The highest BCUT2D eigenvalue weighted by atomic mass is 16.2. The van der Waals surface area contributed by atoms with Crippen LogP contribution in [-0.4, -0.2) is 48.6 Å². The van der Waals surface area contributed by atoms with Crippen molar-refractivity contribution in [1.29, 1.82) is 0 Å². The maximum atomic E-state index is 12.3. The van der Waals surface area contributed by atoms with Gasteiger partial charge in [-0.25, -0.2) is 0 Å². The summed E-state index contributed by atoms with van der Waals surface area (Å²) in [4.78, 5) is 14.2. The summed E-state index contributed by atoms with van der Waals surface area (Å²) in [5, 5.41) is 6.82. The fraction of sp³-hybridized carbons (Fsp3) is 0.923. The van der Waals surface area contributed by atoms with Crippen molar-refractivity contribution in [2.75, 3.05) is 26.2 Å². The molecule has 0 aromatic rings. The lowest BCUT2D eigenvalue weighted by Crippen LogP contribution is -2.56. The topological polar surface area (TPSA) is 44.4 Å². The molecule has 2 N–H and O–H groups in total. The van der Waals surface area contributed by atoms with Crippen LogP contribution in [0, 0.1) is 0 Å². The van der Waals surface area contributed by atoms with Gasteiger partial charge in [-0.05, 0) is 26.7 Å². The SMILES string of the molecule is CC(NC1(C)CCCC1)C(=O)N1CCNCC1. The summed E-state index contributed by atoms with van der Waals surface area (Å²) in [5.74, 6) is 0.264. The smallest absolute Gasteiger partial charge is 0.239 e. The minimum Gasteiger partial charge on any atom is -0.339 e. The summed E-state index contributed by atoms with van der Waals surface area (Å²) in [7, 11) is 0. The molecule has 4 nitrogen and oxygen atoms in total. The summed E-state index contributed by atoms with van der Waals surface area (Å²) in [6.07, 6.45) is 4.98. The van der Waals surface area contributed by atoms with Gasteiger partial charge >= 0.3 is 0 Å². The van der Waals surface area contributed by atoms with E-state index in [1.165, 1.54) is 25.7 Å². The van der Waals surface area contributed by atoms with Crippen molar-refractivity contribution in [3.63, 3.8) is 0 Å². The molecule has 2 fully saturated rings. The maximum absolute atomic E-state index is 12.3. The molecule has 0 bridgehead atoms. The third-order valence-corrected chi connectivity index (χ3v) is 4.07. The third kappa shape index (κ3) is 3.19. The Kier molecular flexibility index (Phi) is 4.05. The highest BCUT2D eigenvalue weighted by Gasteiger charge is 2.32. The molecule has 2 aliphatic rings. The molecule has 1 heterocycles. The van der Waals surface area contributed by atoms with E-state index in [1.807, 2.05) is 11.8 Å². The second-order valence-electron chi connectivity index (χ2n) is 5.71. The van der Waals surface area contributed by atoms with E-state index in [1.54, 1.807) is 0 Å². The van der Waals surface area contributed by atoms with E-state index in [2.05, 4.69) is 17.6 Å². The van der Waals surface area contributed by atoms with E-state index in [-0.39, 0.29) is 17.5 Å². The first-order chi connectivity index (χ1) is 8.11. The van der Waals surface area contributed by atoms with E-state index in [0.717, 1.165) is 26.2 Å². The summed E-state index contributed by atoms with van der Waals surface area (Å²) in [6.45, 7) is 7.81. The van der Waals surface area contributed by atoms with Crippen LogP contribution in [-0.2, 0) is 4.79 Å². The van der Waals surface area contributed by atoms with Crippen LogP contribution in [0.2, 0.25) is 0 Å². The summed E-state index contributed by atoms with van der Waals surface area (Å²) in [6, 6.07) is -0.0452. The van der Waals surface area contributed by atoms with Gasteiger partial charge in [0.1, 0.15) is 0 Å². The zero-order chi connectivity index (χ0) is 12.3. The Morgan fingerprint density at radius 3 is 2.47 bits per heavy atom. The van der Waals surface area contributed by atoms with Crippen molar-refractivity contribution < 1.29 is 4.79 Å². The van der Waals surface area contributed by atoms with Gasteiger partial charge < -0.3 is 15.5 Å². The summed E-state index contributed by atoms with van der Waals surface area (Å²) in [5.41, 5.74) is 0.184. The summed E-state index contributed by atoms with van der Waals surface area (Å²) >= 11 is 0. The number of piperazine rings is 1. The molecule has 1 aliphatic carbocycles. The molecule has 1 unspecified atom stereocenters.